The molecule has 3 rings (SSSR count). The van der Waals surface area contributed by atoms with Crippen LogP contribution >= 0.6 is 35.0 Å². The Bertz CT molecular complexity index is 818. The molecule has 1 heterocycles. The molecule has 0 saturated carbocycles. The van der Waals surface area contributed by atoms with Crippen LogP contribution in [0.25, 0.3) is 0 Å². The summed E-state index contributed by atoms with van der Waals surface area (Å²) in [5.41, 5.74) is 1.09. The molecule has 5 nitrogen and oxygen atoms in total. The van der Waals surface area contributed by atoms with E-state index in [1.54, 1.807) is 0 Å². The van der Waals surface area contributed by atoms with Gasteiger partial charge in [-0.05, 0) is 42.0 Å². The van der Waals surface area contributed by atoms with Gasteiger partial charge in [-0.3, -0.25) is 9.59 Å². The molecule has 0 radical (unpaired) electrons. The van der Waals surface area contributed by atoms with Gasteiger partial charge in [-0.2, -0.15) is 11.8 Å². The number of carboxylic acids is 1. The number of aliphatic carboxylic acids is 1. The van der Waals surface area contributed by atoms with E-state index in [0.29, 0.717) is 11.6 Å². The number of ether oxygens (including phenoxy) is 1. The van der Waals surface area contributed by atoms with Crippen LogP contribution < -0.4 is 0 Å². The summed E-state index contributed by atoms with van der Waals surface area (Å²) in [5.74, 6) is 1.30. The van der Waals surface area contributed by atoms with Crippen molar-refractivity contribution in [1.29, 1.82) is 0 Å². The minimum absolute atomic E-state index is 0.00840. The lowest BCUT2D eigenvalue weighted by Crippen LogP contribution is -2.50. The molecule has 0 spiro atoms. The average Bonchev–Trinajstić information content (AvgIpc) is 2.82. The molecule has 0 aliphatic carbocycles. The SMILES string of the molecule is CC(=O)O.CCC.CCSCC(CC)N1C(=O)COCC1c1ccc(Cl)cc1.Clc1ccccc1. The zero-order chi connectivity index (χ0) is 26.6. The Hall–Kier alpha value is -1.73. The highest BCUT2D eigenvalue weighted by molar-refractivity contribution is 7.99. The Balaban J connectivity index is 0.000000673. The summed E-state index contributed by atoms with van der Waals surface area (Å²) >= 11 is 13.4. The lowest BCUT2D eigenvalue weighted by Gasteiger charge is -2.41. The lowest BCUT2D eigenvalue weighted by atomic mass is 10.0. The van der Waals surface area contributed by atoms with Gasteiger partial charge in [0.2, 0.25) is 5.91 Å². The third-order valence-electron chi connectivity index (χ3n) is 4.49. The van der Waals surface area contributed by atoms with Crippen molar-refractivity contribution in [3.63, 3.8) is 0 Å². The van der Waals surface area contributed by atoms with Gasteiger partial charge in [0.15, 0.2) is 0 Å². The molecule has 2 atom stereocenters. The van der Waals surface area contributed by atoms with Crippen LogP contribution in [0.3, 0.4) is 0 Å². The number of hydrogen-bond acceptors (Lipinski definition) is 4. The second-order valence-electron chi connectivity index (χ2n) is 7.63. The highest BCUT2D eigenvalue weighted by Gasteiger charge is 2.34. The summed E-state index contributed by atoms with van der Waals surface area (Å²) in [4.78, 5) is 23.4. The van der Waals surface area contributed by atoms with Gasteiger partial charge in [-0.25, -0.2) is 0 Å². The number of hydrogen-bond donors (Lipinski definition) is 1. The third kappa shape index (κ3) is 15.1. The molecule has 35 heavy (non-hydrogen) atoms. The van der Waals surface area contributed by atoms with Crippen LogP contribution in [0.15, 0.2) is 54.6 Å². The van der Waals surface area contributed by atoms with Gasteiger partial charge in [-0.15, -0.1) is 0 Å². The highest BCUT2D eigenvalue weighted by Crippen LogP contribution is 2.30. The van der Waals surface area contributed by atoms with Gasteiger partial charge >= 0.3 is 0 Å². The topological polar surface area (TPSA) is 66.8 Å². The molecule has 2 aromatic carbocycles. The fourth-order valence-electron chi connectivity index (χ4n) is 3.05. The predicted octanol–water partition coefficient (Wildman–Crippen LogP) is 7.62. The lowest BCUT2D eigenvalue weighted by molar-refractivity contribution is -0.151. The van der Waals surface area contributed by atoms with Crippen LogP contribution in [-0.4, -0.2) is 52.6 Å². The third-order valence-corrected chi connectivity index (χ3v) is 6.02. The zero-order valence-corrected chi connectivity index (χ0v) is 23.7. The zero-order valence-electron chi connectivity index (χ0n) is 21.4. The van der Waals surface area contributed by atoms with Crippen LogP contribution in [0.5, 0.6) is 0 Å². The number of rotatable bonds is 6. The molecule has 1 aliphatic rings. The Morgan fingerprint density at radius 2 is 1.57 bits per heavy atom. The van der Waals surface area contributed by atoms with Crippen LogP contribution in [0.1, 0.15) is 59.1 Å². The van der Waals surface area contributed by atoms with Crippen molar-refractivity contribution < 1.29 is 19.4 Å². The second kappa shape index (κ2) is 20.5. The highest BCUT2D eigenvalue weighted by atomic mass is 35.5. The first-order valence-electron chi connectivity index (χ1n) is 11.8. The van der Waals surface area contributed by atoms with Gasteiger partial charge in [0.1, 0.15) is 6.61 Å². The summed E-state index contributed by atoms with van der Waals surface area (Å²) < 4.78 is 5.48. The first-order chi connectivity index (χ1) is 16.7. The van der Waals surface area contributed by atoms with Crippen molar-refractivity contribution in [1.82, 2.24) is 4.90 Å². The van der Waals surface area contributed by atoms with E-state index in [4.69, 9.17) is 37.8 Å². The van der Waals surface area contributed by atoms with Gasteiger partial charge in [0, 0.05) is 28.8 Å². The van der Waals surface area contributed by atoms with E-state index >= 15 is 0 Å². The summed E-state index contributed by atoms with van der Waals surface area (Å²) in [7, 11) is 0. The number of carbonyl (C=O) groups excluding carboxylic acids is 1. The van der Waals surface area contributed by atoms with E-state index in [1.807, 2.05) is 71.3 Å². The van der Waals surface area contributed by atoms with Crippen molar-refractivity contribution in [3.8, 4) is 0 Å². The molecule has 2 unspecified atom stereocenters. The minimum Gasteiger partial charge on any atom is -0.481 e. The van der Waals surface area contributed by atoms with E-state index in [-0.39, 0.29) is 24.6 Å². The first-order valence-corrected chi connectivity index (χ1v) is 13.7. The molecule has 196 valence electrons. The monoisotopic (exact) mass is 543 g/mol. The second-order valence-corrected chi connectivity index (χ2v) is 9.82. The Labute approximate surface area is 225 Å². The minimum atomic E-state index is -0.833. The van der Waals surface area contributed by atoms with Crippen LogP contribution in [0.4, 0.5) is 0 Å². The number of carboxylic acid groups (broad SMARTS) is 1. The van der Waals surface area contributed by atoms with E-state index < -0.39 is 5.97 Å². The number of morpholine rings is 1. The molecular weight excluding hydrogens is 505 g/mol. The maximum Gasteiger partial charge on any atom is 0.300 e. The van der Waals surface area contributed by atoms with Gasteiger partial charge in [0.25, 0.3) is 5.97 Å². The summed E-state index contributed by atoms with van der Waals surface area (Å²) in [5, 5.41) is 8.92. The Kier molecular flexibility index (Phi) is 19.4. The summed E-state index contributed by atoms with van der Waals surface area (Å²) in [6.07, 6.45) is 2.21. The Morgan fingerprint density at radius 3 is 2.00 bits per heavy atom. The molecule has 1 amide bonds. The maximum atomic E-state index is 12.4. The first kappa shape index (κ1) is 33.3. The van der Waals surface area contributed by atoms with Gasteiger partial charge in [0.05, 0.1) is 12.6 Å². The van der Waals surface area contributed by atoms with Gasteiger partial charge < -0.3 is 14.7 Å². The fraction of sp³-hybridized carbons (Fsp3) is 0.481. The van der Waals surface area contributed by atoms with E-state index in [2.05, 4.69) is 27.7 Å². The number of benzene rings is 2. The molecule has 0 bridgehead atoms. The Morgan fingerprint density at radius 1 is 1.06 bits per heavy atom. The van der Waals surface area contributed by atoms with Crippen molar-refractivity contribution >= 4 is 46.8 Å². The van der Waals surface area contributed by atoms with Crippen molar-refractivity contribution in [2.75, 3.05) is 24.7 Å². The average molecular weight is 545 g/mol. The van der Waals surface area contributed by atoms with Crippen LogP contribution in [0.2, 0.25) is 10.0 Å². The molecule has 0 aromatic heterocycles. The van der Waals surface area contributed by atoms with E-state index in [1.165, 1.54) is 6.42 Å². The van der Waals surface area contributed by atoms with Crippen LogP contribution in [-0.2, 0) is 14.3 Å². The molecular formula is C27H39Cl2NO4S. The van der Waals surface area contributed by atoms with Crippen molar-refractivity contribution in [2.45, 2.75) is 59.5 Å². The summed E-state index contributed by atoms with van der Waals surface area (Å²) in [6, 6.07) is 17.4. The van der Waals surface area contributed by atoms with Crippen molar-refractivity contribution in [3.05, 3.63) is 70.2 Å². The fourth-order valence-corrected chi connectivity index (χ4v) is 4.23. The van der Waals surface area contributed by atoms with E-state index in [0.717, 1.165) is 35.4 Å². The number of thioether (sulfide) groups is 1. The quantitative estimate of drug-likeness (QED) is 0.405. The largest absolute Gasteiger partial charge is 0.481 e. The molecule has 1 fully saturated rings. The van der Waals surface area contributed by atoms with E-state index in [9.17, 15) is 4.79 Å². The molecule has 1 saturated heterocycles. The number of carbonyl (C=O) groups is 2. The molecule has 2 aromatic rings. The molecule has 1 aliphatic heterocycles. The number of amides is 1. The smallest absolute Gasteiger partial charge is 0.300 e. The molecule has 1 N–H and O–H groups in total. The van der Waals surface area contributed by atoms with Crippen LogP contribution in [0, 0.1) is 0 Å². The van der Waals surface area contributed by atoms with Gasteiger partial charge in [-0.1, -0.05) is 87.6 Å². The maximum absolute atomic E-state index is 12.4. The predicted molar refractivity (Wildman–Crippen MR) is 150 cm³/mol. The normalized spacial score (nSPS) is 15.3. The number of halogens is 2. The van der Waals surface area contributed by atoms with Crippen molar-refractivity contribution in [2.24, 2.45) is 0 Å². The standard InChI is InChI=1S/C16H22ClNO2S.C6H5Cl.C3H8.C2H4O2/c1-3-14(11-21-4-2)18-15(9-20-10-16(18)19)12-5-7-13(17)8-6-12;7-6-4-2-1-3-5-6;1-3-2;1-2(3)4/h5-8,14-15H,3-4,9-11H2,1-2H3;1-5H;3H2,1-2H3;1H3,(H,3,4). The summed E-state index contributed by atoms with van der Waals surface area (Å²) in [6.45, 7) is 10.4. The molecule has 8 heteroatoms. The number of nitrogens with zero attached hydrogens (tertiary/aromatic N) is 1.